The zero-order valence-electron chi connectivity index (χ0n) is 7.41. The first kappa shape index (κ1) is 11.0. The molecule has 0 bridgehead atoms. The molecule has 0 aliphatic heterocycles. The van der Waals surface area contributed by atoms with Crippen LogP contribution in [0, 0.1) is 11.3 Å². The number of halogens is 2. The first-order valence-electron chi connectivity index (χ1n) is 4.13. The third kappa shape index (κ3) is 3.75. The molecule has 0 radical (unpaired) electrons. The summed E-state index contributed by atoms with van der Waals surface area (Å²) in [5, 5.41) is 8.52. The number of hydrogen-bond donors (Lipinski definition) is 0. The zero-order chi connectivity index (χ0) is 10.4. The van der Waals surface area contributed by atoms with Crippen LogP contribution in [0.5, 0.6) is 0 Å². The molecule has 0 N–H and O–H groups in total. The second-order valence-corrected chi connectivity index (χ2v) is 3.83. The minimum atomic E-state index is -2.24. The average molecular weight is 213 g/mol. The normalized spacial score (nSPS) is 10.1. The molecule has 4 heteroatoms. The van der Waals surface area contributed by atoms with Crippen molar-refractivity contribution in [2.75, 3.05) is 5.75 Å². The van der Waals surface area contributed by atoms with Gasteiger partial charge in [-0.3, -0.25) is 0 Å². The van der Waals surface area contributed by atoms with Crippen molar-refractivity contribution in [3.8, 4) is 6.07 Å². The van der Waals surface area contributed by atoms with E-state index in [2.05, 4.69) is 0 Å². The molecule has 14 heavy (non-hydrogen) atoms. The van der Waals surface area contributed by atoms with Crippen LogP contribution in [-0.2, 0) is 0 Å². The predicted octanol–water partition coefficient (Wildman–Crippen LogP) is 3.31. The lowest BCUT2D eigenvalue weighted by Gasteiger charge is -2.00. The smallest absolute Gasteiger partial charge is 0.211 e. The van der Waals surface area contributed by atoms with Crippen molar-refractivity contribution in [3.63, 3.8) is 0 Å². The topological polar surface area (TPSA) is 23.8 Å². The van der Waals surface area contributed by atoms with E-state index in [1.54, 1.807) is 24.3 Å². The van der Waals surface area contributed by atoms with Gasteiger partial charge in [0, 0.05) is 17.1 Å². The van der Waals surface area contributed by atoms with E-state index in [0.29, 0.717) is 11.3 Å². The maximum Gasteiger partial charge on any atom is 0.239 e. The van der Waals surface area contributed by atoms with Crippen molar-refractivity contribution in [3.05, 3.63) is 29.8 Å². The summed E-state index contributed by atoms with van der Waals surface area (Å²) in [5.74, 6) is 0.406. The number of alkyl halides is 2. The fraction of sp³-hybridized carbons (Fsp3) is 0.300. The van der Waals surface area contributed by atoms with Crippen LogP contribution in [-0.4, -0.2) is 12.2 Å². The van der Waals surface area contributed by atoms with Crippen molar-refractivity contribution in [1.29, 1.82) is 5.26 Å². The van der Waals surface area contributed by atoms with Gasteiger partial charge < -0.3 is 0 Å². The number of benzene rings is 1. The van der Waals surface area contributed by atoms with E-state index in [4.69, 9.17) is 5.26 Å². The summed E-state index contributed by atoms with van der Waals surface area (Å²) >= 11 is 1.38. The highest BCUT2D eigenvalue weighted by molar-refractivity contribution is 7.99. The Morgan fingerprint density at radius 2 is 1.93 bits per heavy atom. The van der Waals surface area contributed by atoms with E-state index in [1.165, 1.54) is 11.8 Å². The largest absolute Gasteiger partial charge is 0.239 e. The highest BCUT2D eigenvalue weighted by atomic mass is 32.2. The molecule has 0 spiro atoms. The summed E-state index contributed by atoms with van der Waals surface area (Å²) < 4.78 is 23.6. The third-order valence-corrected chi connectivity index (χ3v) is 2.63. The van der Waals surface area contributed by atoms with E-state index >= 15 is 0 Å². The molecule has 0 unspecified atom stereocenters. The van der Waals surface area contributed by atoms with E-state index in [-0.39, 0.29) is 6.42 Å². The van der Waals surface area contributed by atoms with Crippen LogP contribution in [0.25, 0.3) is 0 Å². The number of hydrogen-bond acceptors (Lipinski definition) is 2. The first-order valence-corrected chi connectivity index (χ1v) is 5.12. The Bertz CT molecular complexity index is 316. The fourth-order valence-corrected chi connectivity index (χ4v) is 1.75. The molecule has 74 valence electrons. The standard InChI is InChI=1S/C10H9F2NS/c11-10(12)5-6-14-9-3-1-8(7-13)2-4-9/h1-4,10H,5-6H2. The number of rotatable bonds is 4. The second kappa shape index (κ2) is 5.61. The molecule has 0 aliphatic rings. The number of nitrogens with zero attached hydrogens (tertiary/aromatic N) is 1. The Morgan fingerprint density at radius 3 is 2.43 bits per heavy atom. The van der Waals surface area contributed by atoms with Gasteiger partial charge in [-0.15, -0.1) is 11.8 Å². The molecule has 0 saturated carbocycles. The van der Waals surface area contributed by atoms with E-state index in [9.17, 15) is 8.78 Å². The van der Waals surface area contributed by atoms with Crippen LogP contribution in [0.2, 0.25) is 0 Å². The van der Waals surface area contributed by atoms with Crippen LogP contribution in [0.4, 0.5) is 8.78 Å². The van der Waals surface area contributed by atoms with Gasteiger partial charge in [-0.25, -0.2) is 8.78 Å². The van der Waals surface area contributed by atoms with Gasteiger partial charge in [0.15, 0.2) is 0 Å². The Hall–Kier alpha value is -1.08. The highest BCUT2D eigenvalue weighted by Gasteiger charge is 2.02. The Balaban J connectivity index is 2.41. The Morgan fingerprint density at radius 1 is 1.29 bits per heavy atom. The minimum absolute atomic E-state index is 0.0926. The summed E-state index contributed by atoms with van der Waals surface area (Å²) in [6.45, 7) is 0. The molecule has 0 aliphatic carbocycles. The minimum Gasteiger partial charge on any atom is -0.211 e. The van der Waals surface area contributed by atoms with E-state index in [1.807, 2.05) is 6.07 Å². The molecule has 0 fully saturated rings. The van der Waals surface area contributed by atoms with Crippen molar-refractivity contribution in [2.45, 2.75) is 17.7 Å². The van der Waals surface area contributed by atoms with Gasteiger partial charge in [0.25, 0.3) is 0 Å². The SMILES string of the molecule is N#Cc1ccc(SCCC(F)F)cc1. The van der Waals surface area contributed by atoms with Gasteiger partial charge in [-0.2, -0.15) is 5.26 Å². The highest BCUT2D eigenvalue weighted by Crippen LogP contribution is 2.20. The van der Waals surface area contributed by atoms with E-state index in [0.717, 1.165) is 4.90 Å². The molecule has 1 rings (SSSR count). The maximum absolute atomic E-state index is 11.8. The van der Waals surface area contributed by atoms with Gasteiger partial charge >= 0.3 is 0 Å². The second-order valence-electron chi connectivity index (χ2n) is 2.66. The summed E-state index contributed by atoms with van der Waals surface area (Å²) in [6, 6.07) is 8.91. The van der Waals surface area contributed by atoms with Crippen LogP contribution in [0.3, 0.4) is 0 Å². The fourth-order valence-electron chi connectivity index (χ4n) is 0.892. The molecule has 1 aromatic rings. The van der Waals surface area contributed by atoms with Crippen molar-refractivity contribution >= 4 is 11.8 Å². The summed E-state index contributed by atoms with van der Waals surface area (Å²) in [7, 11) is 0. The molecule has 0 atom stereocenters. The lowest BCUT2D eigenvalue weighted by molar-refractivity contribution is 0.145. The number of nitriles is 1. The van der Waals surface area contributed by atoms with E-state index < -0.39 is 6.43 Å². The summed E-state index contributed by atoms with van der Waals surface area (Å²) in [4.78, 5) is 0.921. The van der Waals surface area contributed by atoms with Gasteiger partial charge in [-0.05, 0) is 24.3 Å². The zero-order valence-corrected chi connectivity index (χ0v) is 8.23. The molecule has 1 aromatic carbocycles. The Kier molecular flexibility index (Phi) is 4.41. The molecule has 0 aromatic heterocycles. The van der Waals surface area contributed by atoms with Gasteiger partial charge in [-0.1, -0.05) is 0 Å². The molecule has 0 heterocycles. The van der Waals surface area contributed by atoms with Crippen molar-refractivity contribution in [1.82, 2.24) is 0 Å². The third-order valence-electron chi connectivity index (χ3n) is 1.59. The van der Waals surface area contributed by atoms with Gasteiger partial charge in [0.05, 0.1) is 11.6 Å². The summed E-state index contributed by atoms with van der Waals surface area (Å²) in [6.07, 6.45) is -2.33. The van der Waals surface area contributed by atoms with Crippen LogP contribution < -0.4 is 0 Å². The molecule has 0 amide bonds. The average Bonchev–Trinajstić information content (AvgIpc) is 2.18. The maximum atomic E-state index is 11.8. The lowest BCUT2D eigenvalue weighted by atomic mass is 10.2. The number of thioether (sulfide) groups is 1. The van der Waals surface area contributed by atoms with Crippen molar-refractivity contribution in [2.24, 2.45) is 0 Å². The van der Waals surface area contributed by atoms with Crippen molar-refractivity contribution < 1.29 is 8.78 Å². The first-order chi connectivity index (χ1) is 6.72. The van der Waals surface area contributed by atoms with Crippen LogP contribution >= 0.6 is 11.8 Å². The Labute approximate surface area is 85.7 Å². The lowest BCUT2D eigenvalue weighted by Crippen LogP contribution is -1.91. The van der Waals surface area contributed by atoms with Gasteiger partial charge in [0.2, 0.25) is 6.43 Å². The molecule has 0 saturated heterocycles. The van der Waals surface area contributed by atoms with Crippen LogP contribution in [0.15, 0.2) is 29.2 Å². The molecular weight excluding hydrogens is 204 g/mol. The molecule has 1 nitrogen and oxygen atoms in total. The van der Waals surface area contributed by atoms with Crippen LogP contribution in [0.1, 0.15) is 12.0 Å². The van der Waals surface area contributed by atoms with Gasteiger partial charge in [0.1, 0.15) is 0 Å². The quantitative estimate of drug-likeness (QED) is 0.716. The monoisotopic (exact) mass is 213 g/mol. The summed E-state index contributed by atoms with van der Waals surface area (Å²) in [5.41, 5.74) is 0.586. The molecular formula is C10H9F2NS. The predicted molar refractivity (Wildman–Crippen MR) is 52.5 cm³/mol.